The molecule has 0 N–H and O–H groups in total. The van der Waals surface area contributed by atoms with Crippen LogP contribution in [0.3, 0.4) is 0 Å². The molecule has 0 bridgehead atoms. The Balaban J connectivity index is 0.00000261. The van der Waals surface area contributed by atoms with Crippen molar-refractivity contribution in [3.8, 4) is 5.75 Å². The maximum absolute atomic E-state index is 13.1. The summed E-state index contributed by atoms with van der Waals surface area (Å²) in [5.74, 6) is 0.640. The summed E-state index contributed by atoms with van der Waals surface area (Å²) in [6.45, 7) is 3.20. The topological polar surface area (TPSA) is 63.5 Å². The number of aromatic nitrogens is 3. The lowest BCUT2D eigenvalue weighted by Crippen LogP contribution is -2.37. The molecule has 0 fully saturated rings. The van der Waals surface area contributed by atoms with Crippen LogP contribution < -0.4 is 9.64 Å². The number of ether oxygens (including phenoxy) is 1. The number of likely N-dealkylation sites (N-methyl/N-ethyl adjacent to an activating group) is 1. The molecular weight excluding hydrogens is 386 g/mol. The van der Waals surface area contributed by atoms with Crippen LogP contribution in [0.15, 0.2) is 24.3 Å². The number of aryl methyl sites for hydroxylation is 2. The number of carbonyl (C=O) groups excluding carboxylic acids is 1. The summed E-state index contributed by atoms with van der Waals surface area (Å²) in [6.07, 6.45) is 0. The van der Waals surface area contributed by atoms with E-state index in [9.17, 15) is 4.79 Å². The number of thiazole rings is 1. The van der Waals surface area contributed by atoms with Crippen LogP contribution in [-0.2, 0) is 7.05 Å². The summed E-state index contributed by atoms with van der Waals surface area (Å²) in [5.41, 5.74) is 2.22. The molecule has 3 rings (SSSR count). The SMILES string of the molecule is COc1ccc2nc(N(CCN(C)C)C(=O)c3cc(C)n(C)n3)sc2c1.Cl. The third kappa shape index (κ3) is 4.58. The summed E-state index contributed by atoms with van der Waals surface area (Å²) >= 11 is 1.48. The number of nitrogens with zero attached hydrogens (tertiary/aromatic N) is 5. The van der Waals surface area contributed by atoms with Crippen LogP contribution in [0.5, 0.6) is 5.75 Å². The van der Waals surface area contributed by atoms with Gasteiger partial charge in [-0.05, 0) is 45.3 Å². The van der Waals surface area contributed by atoms with E-state index in [0.29, 0.717) is 17.4 Å². The van der Waals surface area contributed by atoms with Gasteiger partial charge in [0.05, 0.1) is 17.3 Å². The molecule has 0 aliphatic rings. The first-order chi connectivity index (χ1) is 12.4. The number of hydrogen-bond donors (Lipinski definition) is 0. The van der Waals surface area contributed by atoms with Crippen molar-refractivity contribution in [3.63, 3.8) is 0 Å². The molecule has 27 heavy (non-hydrogen) atoms. The summed E-state index contributed by atoms with van der Waals surface area (Å²) in [4.78, 5) is 21.5. The van der Waals surface area contributed by atoms with E-state index in [1.807, 2.05) is 51.2 Å². The van der Waals surface area contributed by atoms with Crippen molar-refractivity contribution in [3.05, 3.63) is 35.7 Å². The molecule has 7 nitrogen and oxygen atoms in total. The Hall–Kier alpha value is -2.16. The summed E-state index contributed by atoms with van der Waals surface area (Å²) in [6, 6.07) is 7.53. The Kier molecular flexibility index (Phi) is 6.80. The molecule has 0 saturated heterocycles. The second-order valence-electron chi connectivity index (χ2n) is 6.38. The molecule has 0 unspecified atom stereocenters. The van der Waals surface area contributed by atoms with Crippen LogP contribution in [0, 0.1) is 6.92 Å². The van der Waals surface area contributed by atoms with Gasteiger partial charge >= 0.3 is 0 Å². The van der Waals surface area contributed by atoms with Crippen molar-refractivity contribution in [1.82, 2.24) is 19.7 Å². The van der Waals surface area contributed by atoms with E-state index < -0.39 is 0 Å². The van der Waals surface area contributed by atoms with Gasteiger partial charge in [0.15, 0.2) is 10.8 Å². The van der Waals surface area contributed by atoms with E-state index in [4.69, 9.17) is 4.74 Å². The van der Waals surface area contributed by atoms with Crippen LogP contribution in [0.1, 0.15) is 16.2 Å². The number of anilines is 1. The maximum atomic E-state index is 13.1. The highest BCUT2D eigenvalue weighted by Gasteiger charge is 2.24. The van der Waals surface area contributed by atoms with Gasteiger partial charge in [0, 0.05) is 25.8 Å². The van der Waals surface area contributed by atoms with Gasteiger partial charge < -0.3 is 9.64 Å². The van der Waals surface area contributed by atoms with Gasteiger partial charge in [-0.15, -0.1) is 12.4 Å². The smallest absolute Gasteiger partial charge is 0.280 e. The van der Waals surface area contributed by atoms with E-state index in [2.05, 4.69) is 10.1 Å². The van der Waals surface area contributed by atoms with Crippen LogP contribution >= 0.6 is 23.7 Å². The molecule has 0 atom stereocenters. The second-order valence-corrected chi connectivity index (χ2v) is 7.39. The maximum Gasteiger partial charge on any atom is 0.280 e. The Bertz CT molecular complexity index is 918. The van der Waals surface area contributed by atoms with Crippen molar-refractivity contribution in [2.45, 2.75) is 6.92 Å². The second kappa shape index (κ2) is 8.69. The number of carbonyl (C=O) groups is 1. The number of benzene rings is 1. The normalized spacial score (nSPS) is 10.9. The lowest BCUT2D eigenvalue weighted by molar-refractivity contribution is 0.0979. The zero-order valence-electron chi connectivity index (χ0n) is 16.1. The molecule has 1 amide bonds. The fourth-order valence-corrected chi connectivity index (χ4v) is 3.54. The van der Waals surface area contributed by atoms with E-state index in [1.54, 1.807) is 22.8 Å². The molecule has 146 valence electrons. The molecule has 0 radical (unpaired) electrons. The molecule has 2 aromatic heterocycles. The van der Waals surface area contributed by atoms with Crippen molar-refractivity contribution in [2.75, 3.05) is 39.2 Å². The first-order valence-corrected chi connectivity index (χ1v) is 9.12. The lowest BCUT2D eigenvalue weighted by atomic mass is 10.3. The van der Waals surface area contributed by atoms with Crippen LogP contribution in [0.4, 0.5) is 5.13 Å². The van der Waals surface area contributed by atoms with E-state index in [-0.39, 0.29) is 18.3 Å². The van der Waals surface area contributed by atoms with Crippen LogP contribution in [0.2, 0.25) is 0 Å². The van der Waals surface area contributed by atoms with Crippen LogP contribution in [-0.4, -0.2) is 59.9 Å². The highest BCUT2D eigenvalue weighted by molar-refractivity contribution is 7.22. The average Bonchev–Trinajstić information content (AvgIpc) is 3.17. The number of amides is 1. The summed E-state index contributed by atoms with van der Waals surface area (Å²) < 4.78 is 7.98. The van der Waals surface area contributed by atoms with E-state index in [0.717, 1.165) is 28.2 Å². The predicted octanol–water partition coefficient (Wildman–Crippen LogP) is 2.98. The molecular formula is C18H24ClN5O2S. The molecule has 0 saturated carbocycles. The van der Waals surface area contributed by atoms with Crippen molar-refractivity contribution in [1.29, 1.82) is 0 Å². The molecule has 0 aliphatic heterocycles. The Morgan fingerprint density at radius 3 is 2.59 bits per heavy atom. The van der Waals surface area contributed by atoms with Gasteiger partial charge in [-0.2, -0.15) is 5.10 Å². The highest BCUT2D eigenvalue weighted by Crippen LogP contribution is 2.32. The molecule has 9 heteroatoms. The van der Waals surface area contributed by atoms with Gasteiger partial charge in [-0.1, -0.05) is 11.3 Å². The number of methoxy groups -OCH3 is 1. The number of fused-ring (bicyclic) bond motifs is 1. The first kappa shape index (κ1) is 21.1. The molecule has 0 aliphatic carbocycles. The quantitative estimate of drug-likeness (QED) is 0.626. The van der Waals surface area contributed by atoms with E-state index >= 15 is 0 Å². The standard InChI is InChI=1S/C18H23N5O2S.ClH/c1-12-10-15(20-22(12)4)17(24)23(9-8-21(2)3)18-19-14-7-6-13(25-5)11-16(14)26-18;/h6-7,10-11H,8-9H2,1-5H3;1H. The highest BCUT2D eigenvalue weighted by atomic mass is 35.5. The Morgan fingerprint density at radius 2 is 2.00 bits per heavy atom. The Morgan fingerprint density at radius 1 is 1.26 bits per heavy atom. The molecule has 3 aromatic rings. The van der Waals surface area contributed by atoms with E-state index in [1.165, 1.54) is 11.3 Å². The zero-order valence-corrected chi connectivity index (χ0v) is 17.7. The Labute approximate surface area is 169 Å². The fraction of sp³-hybridized carbons (Fsp3) is 0.389. The number of hydrogen-bond acceptors (Lipinski definition) is 6. The largest absolute Gasteiger partial charge is 0.497 e. The van der Waals surface area contributed by atoms with Crippen molar-refractivity contribution < 1.29 is 9.53 Å². The minimum absolute atomic E-state index is 0. The van der Waals surface area contributed by atoms with Gasteiger partial charge in [-0.25, -0.2) is 4.98 Å². The van der Waals surface area contributed by atoms with Gasteiger partial charge in [-0.3, -0.25) is 14.4 Å². The number of rotatable bonds is 6. The van der Waals surface area contributed by atoms with Gasteiger partial charge in [0.25, 0.3) is 5.91 Å². The molecule has 1 aromatic carbocycles. The van der Waals surface area contributed by atoms with Gasteiger partial charge in [0.2, 0.25) is 0 Å². The average molecular weight is 410 g/mol. The monoisotopic (exact) mass is 409 g/mol. The predicted molar refractivity (Wildman–Crippen MR) is 112 cm³/mol. The first-order valence-electron chi connectivity index (χ1n) is 8.31. The lowest BCUT2D eigenvalue weighted by Gasteiger charge is -2.21. The third-order valence-electron chi connectivity index (χ3n) is 4.16. The fourth-order valence-electron chi connectivity index (χ4n) is 2.52. The molecule has 2 heterocycles. The minimum Gasteiger partial charge on any atom is -0.497 e. The van der Waals surface area contributed by atoms with Crippen molar-refractivity contribution >= 4 is 45.0 Å². The van der Waals surface area contributed by atoms with Crippen LogP contribution in [0.25, 0.3) is 10.2 Å². The summed E-state index contributed by atoms with van der Waals surface area (Å²) in [5, 5.41) is 5.00. The number of halogens is 1. The summed E-state index contributed by atoms with van der Waals surface area (Å²) in [7, 11) is 7.44. The zero-order chi connectivity index (χ0) is 18.8. The minimum atomic E-state index is -0.137. The molecule has 0 spiro atoms. The third-order valence-corrected chi connectivity index (χ3v) is 5.21. The van der Waals surface area contributed by atoms with Gasteiger partial charge in [0.1, 0.15) is 5.75 Å². The van der Waals surface area contributed by atoms with Crippen molar-refractivity contribution in [2.24, 2.45) is 7.05 Å².